The van der Waals surface area contributed by atoms with Gasteiger partial charge in [-0.1, -0.05) is 0 Å². The highest BCUT2D eigenvalue weighted by atomic mass is 79.9. The molecule has 0 aromatic carbocycles. The molecule has 0 saturated carbocycles. The number of carbonyl (C=O) groups is 1. The molecule has 1 unspecified atom stereocenters. The van der Waals surface area contributed by atoms with Crippen molar-refractivity contribution in [1.29, 1.82) is 0 Å². The largest absolute Gasteiger partial charge is 0.481 e. The van der Waals surface area contributed by atoms with Gasteiger partial charge in [-0.25, -0.2) is 0 Å². The number of piperazine rings is 1. The lowest BCUT2D eigenvalue weighted by molar-refractivity contribution is -0.138. The van der Waals surface area contributed by atoms with Gasteiger partial charge in [0.1, 0.15) is 0 Å². The van der Waals surface area contributed by atoms with Crippen molar-refractivity contribution in [1.82, 2.24) is 9.80 Å². The van der Waals surface area contributed by atoms with Crippen LogP contribution < -0.4 is 0 Å². The van der Waals surface area contributed by atoms with E-state index in [-0.39, 0.29) is 12.5 Å². The Morgan fingerprint density at radius 3 is 2.53 bits per heavy atom. The lowest BCUT2D eigenvalue weighted by Crippen LogP contribution is -2.46. The van der Waals surface area contributed by atoms with Crippen molar-refractivity contribution < 1.29 is 9.90 Å². The maximum absolute atomic E-state index is 11.1. The van der Waals surface area contributed by atoms with Crippen LogP contribution in [0.3, 0.4) is 0 Å². The van der Waals surface area contributed by atoms with Crippen LogP contribution in [0, 0.1) is 0 Å². The molecule has 2 rings (SSSR count). The normalized spacial score (nSPS) is 19.5. The molecule has 1 fully saturated rings. The highest BCUT2D eigenvalue weighted by Gasteiger charge is 2.27. The maximum atomic E-state index is 11.1. The lowest BCUT2D eigenvalue weighted by Gasteiger charge is -2.37. The van der Waals surface area contributed by atoms with Gasteiger partial charge in [-0.05, 0) is 45.0 Å². The van der Waals surface area contributed by atoms with Crippen molar-refractivity contribution in [2.75, 3.05) is 33.2 Å². The number of hydrogen-bond donors (Lipinski definition) is 1. The summed E-state index contributed by atoms with van der Waals surface area (Å²) in [5.41, 5.74) is 0. The molecule has 0 aliphatic carbocycles. The van der Waals surface area contributed by atoms with Crippen LogP contribution in [0.2, 0.25) is 0 Å². The molecule has 1 N–H and O–H groups in total. The summed E-state index contributed by atoms with van der Waals surface area (Å²) in [6, 6.07) is 2.00. The van der Waals surface area contributed by atoms with Crippen molar-refractivity contribution in [2.24, 2.45) is 0 Å². The predicted molar refractivity (Wildman–Crippen MR) is 83.8 cm³/mol. The zero-order chi connectivity index (χ0) is 14.0. The Morgan fingerprint density at radius 1 is 1.42 bits per heavy atom. The summed E-state index contributed by atoms with van der Waals surface area (Å²) in [6.07, 6.45) is 0.156. The number of rotatable bonds is 4. The Kier molecular flexibility index (Phi) is 5.42. The van der Waals surface area contributed by atoms with E-state index >= 15 is 0 Å². The van der Waals surface area contributed by atoms with Crippen molar-refractivity contribution >= 4 is 49.2 Å². The van der Waals surface area contributed by atoms with Crippen LogP contribution in [0.15, 0.2) is 14.3 Å². The molecule has 4 nitrogen and oxygen atoms in total. The summed E-state index contributed by atoms with van der Waals surface area (Å²) in [5, 5.41) is 9.15. The molecule has 2 heterocycles. The molecule has 1 aromatic heterocycles. The summed E-state index contributed by atoms with van der Waals surface area (Å²) in [4.78, 5) is 16.8. The predicted octanol–water partition coefficient (Wildman–Crippen LogP) is 3.04. The summed E-state index contributed by atoms with van der Waals surface area (Å²) < 4.78 is 2.02. The second-order valence-electron chi connectivity index (χ2n) is 4.72. The van der Waals surface area contributed by atoms with Crippen LogP contribution in [-0.2, 0) is 4.79 Å². The number of likely N-dealkylation sites (N-methyl/N-ethyl adjacent to an activating group) is 1. The SMILES string of the molecule is CN1CCN(C(CC(=O)O)c2cc(Br)c(Br)s2)CC1. The molecular formula is C12H16Br2N2O2S. The number of hydrogen-bond acceptors (Lipinski definition) is 4. The fourth-order valence-corrected chi connectivity index (χ4v) is 4.46. The topological polar surface area (TPSA) is 43.8 Å². The van der Waals surface area contributed by atoms with E-state index in [1.165, 1.54) is 0 Å². The Hall–Kier alpha value is 0.0500. The number of halogens is 2. The van der Waals surface area contributed by atoms with E-state index in [0.717, 1.165) is 39.3 Å². The van der Waals surface area contributed by atoms with Gasteiger partial charge in [-0.15, -0.1) is 11.3 Å². The molecule has 1 aromatic rings. The van der Waals surface area contributed by atoms with Gasteiger partial charge in [0.2, 0.25) is 0 Å². The van der Waals surface area contributed by atoms with Gasteiger partial charge in [0.15, 0.2) is 0 Å². The second kappa shape index (κ2) is 6.67. The van der Waals surface area contributed by atoms with Gasteiger partial charge in [-0.2, -0.15) is 0 Å². The monoisotopic (exact) mass is 410 g/mol. The van der Waals surface area contributed by atoms with Gasteiger partial charge in [0.05, 0.1) is 16.2 Å². The summed E-state index contributed by atoms with van der Waals surface area (Å²) in [5.74, 6) is -0.746. The molecule has 19 heavy (non-hydrogen) atoms. The molecule has 0 spiro atoms. The Balaban J connectivity index is 2.18. The molecule has 7 heteroatoms. The van der Waals surface area contributed by atoms with E-state index in [1.54, 1.807) is 11.3 Å². The Morgan fingerprint density at radius 2 is 2.05 bits per heavy atom. The zero-order valence-electron chi connectivity index (χ0n) is 10.6. The van der Waals surface area contributed by atoms with E-state index in [1.807, 2.05) is 6.07 Å². The molecule has 0 bridgehead atoms. The highest BCUT2D eigenvalue weighted by molar-refractivity contribution is 9.13. The first-order chi connectivity index (χ1) is 8.97. The van der Waals surface area contributed by atoms with Crippen molar-refractivity contribution in [3.05, 3.63) is 19.2 Å². The van der Waals surface area contributed by atoms with Crippen LogP contribution >= 0.6 is 43.2 Å². The third kappa shape index (κ3) is 4.01. The first-order valence-corrected chi connectivity index (χ1v) is 8.46. The fourth-order valence-electron chi connectivity index (χ4n) is 2.24. The summed E-state index contributed by atoms with van der Waals surface area (Å²) in [6.45, 7) is 3.82. The van der Waals surface area contributed by atoms with Gasteiger partial charge in [-0.3, -0.25) is 9.69 Å². The molecule has 0 amide bonds. The van der Waals surface area contributed by atoms with Crippen LogP contribution in [0.5, 0.6) is 0 Å². The minimum Gasteiger partial charge on any atom is -0.481 e. The van der Waals surface area contributed by atoms with Crippen LogP contribution in [0.25, 0.3) is 0 Å². The average Bonchev–Trinajstić information content (AvgIpc) is 2.67. The standard InChI is InChI=1S/C12H16Br2N2O2S/c1-15-2-4-16(5-3-15)9(7-11(17)18)10-6-8(13)12(14)19-10/h6,9H,2-5,7H2,1H3,(H,17,18). The van der Waals surface area contributed by atoms with Gasteiger partial charge in [0, 0.05) is 35.5 Å². The Bertz CT molecular complexity index is 439. The first-order valence-electron chi connectivity index (χ1n) is 6.06. The third-order valence-corrected chi connectivity index (χ3v) is 6.70. The number of aliphatic carboxylic acids is 1. The average molecular weight is 412 g/mol. The van der Waals surface area contributed by atoms with E-state index < -0.39 is 5.97 Å². The number of carboxylic acids is 1. The van der Waals surface area contributed by atoms with Crippen molar-refractivity contribution in [2.45, 2.75) is 12.5 Å². The number of carboxylic acid groups (broad SMARTS) is 1. The van der Waals surface area contributed by atoms with Gasteiger partial charge in [0.25, 0.3) is 0 Å². The molecular weight excluding hydrogens is 396 g/mol. The third-order valence-electron chi connectivity index (χ3n) is 3.34. The quantitative estimate of drug-likeness (QED) is 0.826. The van der Waals surface area contributed by atoms with E-state index in [0.29, 0.717) is 0 Å². The maximum Gasteiger partial charge on any atom is 0.305 e. The van der Waals surface area contributed by atoms with Gasteiger partial charge < -0.3 is 10.0 Å². The summed E-state index contributed by atoms with van der Waals surface area (Å²) >= 11 is 8.57. The highest BCUT2D eigenvalue weighted by Crippen LogP contribution is 2.38. The van der Waals surface area contributed by atoms with E-state index in [2.05, 4.69) is 48.7 Å². The fraction of sp³-hybridized carbons (Fsp3) is 0.583. The molecule has 1 atom stereocenters. The molecule has 1 aliphatic rings. The number of thiophene rings is 1. The minimum absolute atomic E-state index is 0.0289. The molecule has 1 aliphatic heterocycles. The second-order valence-corrected chi connectivity index (χ2v) is 7.98. The van der Waals surface area contributed by atoms with Gasteiger partial charge >= 0.3 is 5.97 Å². The first kappa shape index (κ1) is 15.4. The van der Waals surface area contributed by atoms with Crippen molar-refractivity contribution in [3.8, 4) is 0 Å². The smallest absolute Gasteiger partial charge is 0.305 e. The van der Waals surface area contributed by atoms with Crippen LogP contribution in [0.1, 0.15) is 17.3 Å². The zero-order valence-corrected chi connectivity index (χ0v) is 14.6. The van der Waals surface area contributed by atoms with Crippen LogP contribution in [-0.4, -0.2) is 54.1 Å². The minimum atomic E-state index is -0.746. The molecule has 106 valence electrons. The molecule has 0 radical (unpaired) electrons. The van der Waals surface area contributed by atoms with E-state index in [4.69, 9.17) is 5.11 Å². The summed E-state index contributed by atoms with van der Waals surface area (Å²) in [7, 11) is 2.10. The van der Waals surface area contributed by atoms with Crippen LogP contribution in [0.4, 0.5) is 0 Å². The lowest BCUT2D eigenvalue weighted by atomic mass is 10.1. The van der Waals surface area contributed by atoms with E-state index in [9.17, 15) is 4.79 Å². The number of nitrogens with zero attached hydrogens (tertiary/aromatic N) is 2. The molecule has 1 saturated heterocycles. The van der Waals surface area contributed by atoms with Crippen molar-refractivity contribution in [3.63, 3.8) is 0 Å². The Labute approximate surface area is 133 Å².